The van der Waals surface area contributed by atoms with E-state index in [9.17, 15) is 9.59 Å². The lowest BCUT2D eigenvalue weighted by atomic mass is 9.86. The van der Waals surface area contributed by atoms with Crippen molar-refractivity contribution in [1.82, 2.24) is 0 Å². The lowest BCUT2D eigenvalue weighted by Gasteiger charge is -2.17. The topological polar surface area (TPSA) is 65.7 Å². The Morgan fingerprint density at radius 1 is 1.00 bits per heavy atom. The molecule has 176 valence electrons. The van der Waals surface area contributed by atoms with Crippen LogP contribution in [0.3, 0.4) is 0 Å². The van der Waals surface area contributed by atoms with E-state index >= 15 is 0 Å². The van der Waals surface area contributed by atoms with Crippen LogP contribution in [0.15, 0.2) is 63.5 Å². The predicted octanol–water partition coefficient (Wildman–Crippen LogP) is 7.58. The standard InChI is InChI=1S/C28H27BrO5/c1-5-32-24(31)16-33-23-13-11-17-14-18(10-12-19(17)26(23)29)27-25(21(30)15-28(2,3)4)20-8-6-7-9-22(20)34-27/h6-14H,5,15-16H2,1-4H3. The van der Waals surface area contributed by atoms with Crippen molar-refractivity contribution in [1.29, 1.82) is 0 Å². The maximum Gasteiger partial charge on any atom is 0.344 e. The maximum absolute atomic E-state index is 13.3. The van der Waals surface area contributed by atoms with E-state index in [0.29, 0.717) is 35.7 Å². The first-order valence-corrected chi connectivity index (χ1v) is 12.0. The molecule has 34 heavy (non-hydrogen) atoms. The molecule has 4 aromatic rings. The van der Waals surface area contributed by atoms with Gasteiger partial charge in [0.05, 0.1) is 16.6 Å². The lowest BCUT2D eigenvalue weighted by Crippen LogP contribution is -2.14. The Hall–Kier alpha value is -3.12. The van der Waals surface area contributed by atoms with Gasteiger partial charge in [0.25, 0.3) is 0 Å². The van der Waals surface area contributed by atoms with E-state index < -0.39 is 5.97 Å². The van der Waals surface area contributed by atoms with Gasteiger partial charge >= 0.3 is 5.97 Å². The molecule has 0 amide bonds. The van der Waals surface area contributed by atoms with Crippen molar-refractivity contribution in [2.24, 2.45) is 5.41 Å². The van der Waals surface area contributed by atoms with E-state index in [-0.39, 0.29) is 17.8 Å². The number of hydrogen-bond acceptors (Lipinski definition) is 5. The maximum atomic E-state index is 13.3. The molecule has 0 fully saturated rings. The molecule has 0 aliphatic heterocycles. The Bertz CT molecular complexity index is 1380. The fraction of sp³-hybridized carbons (Fsp3) is 0.286. The third-order valence-electron chi connectivity index (χ3n) is 5.40. The molecule has 6 heteroatoms. The number of benzene rings is 3. The number of fused-ring (bicyclic) bond motifs is 2. The van der Waals surface area contributed by atoms with E-state index in [2.05, 4.69) is 36.7 Å². The summed E-state index contributed by atoms with van der Waals surface area (Å²) in [4.78, 5) is 25.0. The van der Waals surface area contributed by atoms with E-state index in [1.165, 1.54) is 0 Å². The summed E-state index contributed by atoms with van der Waals surface area (Å²) in [6.07, 6.45) is 0.420. The first kappa shape index (κ1) is 24.0. The third-order valence-corrected chi connectivity index (χ3v) is 6.21. The number of furan rings is 1. The van der Waals surface area contributed by atoms with Gasteiger partial charge in [0.2, 0.25) is 0 Å². The number of carbonyl (C=O) groups is 2. The van der Waals surface area contributed by atoms with Gasteiger partial charge in [0, 0.05) is 17.4 Å². The van der Waals surface area contributed by atoms with Crippen LogP contribution in [-0.2, 0) is 9.53 Å². The van der Waals surface area contributed by atoms with Gasteiger partial charge in [0.1, 0.15) is 17.1 Å². The van der Waals surface area contributed by atoms with Crippen LogP contribution in [0.4, 0.5) is 0 Å². The highest BCUT2D eigenvalue weighted by atomic mass is 79.9. The van der Waals surface area contributed by atoms with Gasteiger partial charge in [-0.15, -0.1) is 0 Å². The highest BCUT2D eigenvalue weighted by Crippen LogP contribution is 2.39. The van der Waals surface area contributed by atoms with Crippen LogP contribution in [0.5, 0.6) is 5.75 Å². The fourth-order valence-electron chi connectivity index (χ4n) is 3.96. The minimum atomic E-state index is -0.415. The molecule has 4 rings (SSSR count). The Morgan fingerprint density at radius 3 is 2.50 bits per heavy atom. The van der Waals surface area contributed by atoms with Gasteiger partial charge in [-0.2, -0.15) is 0 Å². The summed E-state index contributed by atoms with van der Waals surface area (Å²) in [6, 6.07) is 17.3. The molecular weight excluding hydrogens is 496 g/mol. The molecule has 5 nitrogen and oxygen atoms in total. The average Bonchev–Trinajstić information content (AvgIpc) is 3.17. The van der Waals surface area contributed by atoms with Gasteiger partial charge in [-0.3, -0.25) is 4.79 Å². The SMILES string of the molecule is CCOC(=O)COc1ccc2cc(-c3oc4ccccc4c3C(=O)CC(C)(C)C)ccc2c1Br. The molecule has 1 heterocycles. The van der Waals surface area contributed by atoms with Crippen molar-refractivity contribution in [2.75, 3.05) is 13.2 Å². The molecule has 0 atom stereocenters. The number of Topliss-reactive ketones (excluding diaryl/α,β-unsaturated/α-hetero) is 1. The van der Waals surface area contributed by atoms with Gasteiger partial charge in [0.15, 0.2) is 12.4 Å². The third kappa shape index (κ3) is 5.02. The molecular formula is C28H27BrO5. The first-order valence-electron chi connectivity index (χ1n) is 11.2. The predicted molar refractivity (Wildman–Crippen MR) is 137 cm³/mol. The van der Waals surface area contributed by atoms with Crippen LogP contribution < -0.4 is 4.74 Å². The zero-order valence-electron chi connectivity index (χ0n) is 19.7. The van der Waals surface area contributed by atoms with Crippen LogP contribution in [0, 0.1) is 5.41 Å². The van der Waals surface area contributed by atoms with Crippen LogP contribution in [-0.4, -0.2) is 25.0 Å². The number of esters is 1. The lowest BCUT2D eigenvalue weighted by molar-refractivity contribution is -0.145. The molecule has 0 aliphatic rings. The summed E-state index contributed by atoms with van der Waals surface area (Å²) >= 11 is 3.60. The second-order valence-electron chi connectivity index (χ2n) is 9.37. The normalized spacial score (nSPS) is 11.7. The first-order chi connectivity index (χ1) is 16.2. The molecule has 0 bridgehead atoms. The molecule has 0 radical (unpaired) electrons. The summed E-state index contributed by atoms with van der Waals surface area (Å²) in [6.45, 7) is 8.08. The molecule has 0 N–H and O–H groups in total. The number of halogens is 1. The monoisotopic (exact) mass is 522 g/mol. The highest BCUT2D eigenvalue weighted by Gasteiger charge is 2.26. The summed E-state index contributed by atoms with van der Waals surface area (Å²) in [5.41, 5.74) is 2.01. The van der Waals surface area contributed by atoms with Crippen LogP contribution in [0.1, 0.15) is 44.5 Å². The van der Waals surface area contributed by atoms with Crippen molar-refractivity contribution in [2.45, 2.75) is 34.1 Å². The molecule has 0 aliphatic carbocycles. The average molecular weight is 523 g/mol. The second kappa shape index (κ2) is 9.63. The molecule has 0 unspecified atom stereocenters. The number of hydrogen-bond donors (Lipinski definition) is 0. The molecule has 0 saturated heterocycles. The van der Waals surface area contributed by atoms with E-state index in [1.54, 1.807) is 13.0 Å². The summed E-state index contributed by atoms with van der Waals surface area (Å²) in [5, 5.41) is 2.70. The Balaban J connectivity index is 1.75. The second-order valence-corrected chi connectivity index (χ2v) is 10.2. The van der Waals surface area contributed by atoms with E-state index in [1.807, 2.05) is 48.5 Å². The van der Waals surface area contributed by atoms with Gasteiger partial charge in [-0.05, 0) is 57.2 Å². The van der Waals surface area contributed by atoms with Gasteiger partial charge < -0.3 is 13.9 Å². The molecule has 3 aromatic carbocycles. The molecule has 0 saturated carbocycles. The van der Waals surface area contributed by atoms with Gasteiger partial charge in [-0.1, -0.05) is 57.2 Å². The number of ketones is 1. The smallest absolute Gasteiger partial charge is 0.344 e. The van der Waals surface area contributed by atoms with Crippen LogP contribution in [0.25, 0.3) is 33.1 Å². The number of para-hydroxylation sites is 1. The van der Waals surface area contributed by atoms with Crippen molar-refractivity contribution in [3.05, 3.63) is 64.6 Å². The molecule has 1 aromatic heterocycles. The van der Waals surface area contributed by atoms with Crippen molar-refractivity contribution in [3.63, 3.8) is 0 Å². The number of ether oxygens (including phenoxy) is 2. The number of carbonyl (C=O) groups excluding carboxylic acids is 2. The van der Waals surface area contributed by atoms with Crippen molar-refractivity contribution in [3.8, 4) is 17.1 Å². The minimum absolute atomic E-state index is 0.0661. The Morgan fingerprint density at radius 2 is 1.76 bits per heavy atom. The summed E-state index contributed by atoms with van der Waals surface area (Å²) < 4.78 is 17.5. The summed E-state index contributed by atoms with van der Waals surface area (Å²) in [5.74, 6) is 0.785. The van der Waals surface area contributed by atoms with Crippen molar-refractivity contribution >= 4 is 49.4 Å². The van der Waals surface area contributed by atoms with Crippen LogP contribution >= 0.6 is 15.9 Å². The quantitative estimate of drug-likeness (QED) is 0.185. The van der Waals surface area contributed by atoms with Gasteiger partial charge in [-0.25, -0.2) is 4.79 Å². The minimum Gasteiger partial charge on any atom is -0.481 e. The largest absolute Gasteiger partial charge is 0.481 e. The molecule has 0 spiro atoms. The summed E-state index contributed by atoms with van der Waals surface area (Å²) in [7, 11) is 0. The Kier molecular flexibility index (Phi) is 6.80. The zero-order valence-corrected chi connectivity index (χ0v) is 21.3. The number of rotatable bonds is 7. The Labute approximate surface area is 207 Å². The van der Waals surface area contributed by atoms with E-state index in [0.717, 1.165) is 26.2 Å². The van der Waals surface area contributed by atoms with Crippen molar-refractivity contribution < 1.29 is 23.5 Å². The van der Waals surface area contributed by atoms with Crippen LogP contribution in [0.2, 0.25) is 0 Å². The van der Waals surface area contributed by atoms with E-state index in [4.69, 9.17) is 13.9 Å². The zero-order chi connectivity index (χ0) is 24.5. The fourth-order valence-corrected chi connectivity index (χ4v) is 4.57. The highest BCUT2D eigenvalue weighted by molar-refractivity contribution is 9.10.